The number of H-pyrrole nitrogens is 1. The number of rotatable bonds is 3. The molecule has 2 atom stereocenters. The van der Waals surface area contributed by atoms with E-state index in [1.165, 1.54) is 0 Å². The van der Waals surface area contributed by atoms with Gasteiger partial charge in [-0.25, -0.2) is 4.98 Å². The molecular weight excluding hydrogens is 320 g/mol. The van der Waals surface area contributed by atoms with E-state index in [1.54, 1.807) is 13.2 Å². The number of aromatic amines is 1. The van der Waals surface area contributed by atoms with Gasteiger partial charge >= 0.3 is 0 Å². The molecule has 1 aromatic heterocycles. The molecule has 1 amide bonds. The van der Waals surface area contributed by atoms with Crippen LogP contribution in [0.1, 0.15) is 19.3 Å². The predicted molar refractivity (Wildman–Crippen MR) is 94.7 cm³/mol. The quantitative estimate of drug-likeness (QED) is 0.905. The summed E-state index contributed by atoms with van der Waals surface area (Å²) < 4.78 is 5.49. The van der Waals surface area contributed by atoms with Gasteiger partial charge in [0.15, 0.2) is 0 Å². The Bertz CT molecular complexity index is 844. The third kappa shape index (κ3) is 2.89. The number of methoxy groups -OCH3 is 1. The summed E-state index contributed by atoms with van der Waals surface area (Å²) in [6.07, 6.45) is 2.67. The minimum absolute atomic E-state index is 0.0478. The second-order valence-electron chi connectivity index (χ2n) is 6.70. The molecule has 132 valence electrons. The van der Waals surface area contributed by atoms with E-state index in [0.717, 1.165) is 25.9 Å². The molecular formula is C18H22N4O3. The lowest BCUT2D eigenvalue weighted by Crippen LogP contribution is -2.45. The summed E-state index contributed by atoms with van der Waals surface area (Å²) in [6, 6.07) is 6.89. The molecule has 4 rings (SSSR count). The lowest BCUT2D eigenvalue weighted by Gasteiger charge is -2.27. The Kier molecular flexibility index (Phi) is 4.17. The second kappa shape index (κ2) is 6.48. The van der Waals surface area contributed by atoms with Crippen LogP contribution in [0.2, 0.25) is 0 Å². The molecule has 2 aliphatic heterocycles. The van der Waals surface area contributed by atoms with Crippen LogP contribution in [0.15, 0.2) is 29.1 Å². The van der Waals surface area contributed by atoms with E-state index in [2.05, 4.69) is 9.97 Å². The minimum Gasteiger partial charge on any atom is -0.380 e. The van der Waals surface area contributed by atoms with Crippen molar-refractivity contribution in [3.05, 3.63) is 34.6 Å². The Morgan fingerprint density at radius 3 is 2.80 bits per heavy atom. The Morgan fingerprint density at radius 1 is 1.28 bits per heavy atom. The van der Waals surface area contributed by atoms with E-state index in [0.29, 0.717) is 29.8 Å². The zero-order valence-corrected chi connectivity index (χ0v) is 14.3. The summed E-state index contributed by atoms with van der Waals surface area (Å²) in [5, 5.41) is 0.552. The molecule has 25 heavy (non-hydrogen) atoms. The van der Waals surface area contributed by atoms with Gasteiger partial charge in [-0.2, -0.15) is 0 Å². The predicted octanol–water partition coefficient (Wildman–Crippen LogP) is 1.14. The SMILES string of the molecule is CO[C@H]1C[C@@H](C(=O)N2CCCC2)N(c2nc3ccccc3c(=O)[nH]2)C1. The van der Waals surface area contributed by atoms with Crippen LogP contribution >= 0.6 is 0 Å². The van der Waals surface area contributed by atoms with E-state index in [9.17, 15) is 9.59 Å². The first kappa shape index (κ1) is 16.1. The highest BCUT2D eigenvalue weighted by atomic mass is 16.5. The summed E-state index contributed by atoms with van der Waals surface area (Å²) in [5.41, 5.74) is 0.448. The van der Waals surface area contributed by atoms with Crippen LogP contribution in [-0.4, -0.2) is 59.7 Å². The summed E-state index contributed by atoms with van der Waals surface area (Å²) in [7, 11) is 1.65. The fourth-order valence-electron chi connectivity index (χ4n) is 3.79. The number of aromatic nitrogens is 2. The smallest absolute Gasteiger partial charge is 0.260 e. The first-order valence-corrected chi connectivity index (χ1v) is 8.74. The average Bonchev–Trinajstić information content (AvgIpc) is 3.31. The van der Waals surface area contributed by atoms with Crippen LogP contribution in [0.25, 0.3) is 10.9 Å². The molecule has 1 N–H and O–H groups in total. The molecule has 0 bridgehead atoms. The summed E-state index contributed by atoms with van der Waals surface area (Å²) in [5.74, 6) is 0.550. The van der Waals surface area contributed by atoms with Crippen molar-refractivity contribution >= 4 is 22.8 Å². The van der Waals surface area contributed by atoms with Gasteiger partial charge in [0.05, 0.1) is 17.0 Å². The molecule has 7 heteroatoms. The van der Waals surface area contributed by atoms with Gasteiger partial charge in [0.2, 0.25) is 11.9 Å². The molecule has 2 fully saturated rings. The number of hydrogen-bond donors (Lipinski definition) is 1. The maximum absolute atomic E-state index is 13.0. The van der Waals surface area contributed by atoms with E-state index < -0.39 is 0 Å². The van der Waals surface area contributed by atoms with Gasteiger partial charge in [0.25, 0.3) is 5.56 Å². The third-order valence-electron chi connectivity index (χ3n) is 5.17. The van der Waals surface area contributed by atoms with Gasteiger partial charge in [-0.05, 0) is 25.0 Å². The van der Waals surface area contributed by atoms with Crippen LogP contribution < -0.4 is 10.5 Å². The molecule has 3 heterocycles. The van der Waals surface area contributed by atoms with Crippen molar-refractivity contribution in [2.45, 2.75) is 31.4 Å². The van der Waals surface area contributed by atoms with Crippen LogP contribution in [0.4, 0.5) is 5.95 Å². The fourth-order valence-corrected chi connectivity index (χ4v) is 3.79. The van der Waals surface area contributed by atoms with Crippen molar-refractivity contribution in [2.24, 2.45) is 0 Å². The molecule has 0 unspecified atom stereocenters. The van der Waals surface area contributed by atoms with Crippen molar-refractivity contribution in [3.63, 3.8) is 0 Å². The van der Waals surface area contributed by atoms with Crippen LogP contribution in [0, 0.1) is 0 Å². The van der Waals surface area contributed by atoms with E-state index >= 15 is 0 Å². The van der Waals surface area contributed by atoms with Gasteiger partial charge in [0.1, 0.15) is 6.04 Å². The van der Waals surface area contributed by atoms with Gasteiger partial charge < -0.3 is 14.5 Å². The number of carbonyl (C=O) groups is 1. The van der Waals surface area contributed by atoms with Crippen LogP contribution in [0.5, 0.6) is 0 Å². The minimum atomic E-state index is -0.340. The van der Waals surface area contributed by atoms with Gasteiger partial charge in [-0.15, -0.1) is 0 Å². The lowest BCUT2D eigenvalue weighted by molar-refractivity contribution is -0.131. The number of carbonyl (C=O) groups excluding carboxylic acids is 1. The monoisotopic (exact) mass is 342 g/mol. The Morgan fingerprint density at radius 2 is 2.04 bits per heavy atom. The molecule has 2 saturated heterocycles. The van der Waals surface area contributed by atoms with Crippen molar-refractivity contribution in [1.82, 2.24) is 14.9 Å². The average molecular weight is 342 g/mol. The van der Waals surface area contributed by atoms with E-state index in [-0.39, 0.29) is 23.6 Å². The zero-order valence-electron chi connectivity index (χ0n) is 14.3. The lowest BCUT2D eigenvalue weighted by atomic mass is 10.1. The molecule has 0 saturated carbocycles. The van der Waals surface area contributed by atoms with Gasteiger partial charge in [-0.3, -0.25) is 14.6 Å². The second-order valence-corrected chi connectivity index (χ2v) is 6.70. The van der Waals surface area contributed by atoms with E-state index in [4.69, 9.17) is 4.74 Å². The molecule has 0 spiro atoms. The third-order valence-corrected chi connectivity index (χ3v) is 5.17. The Balaban J connectivity index is 1.71. The Hall–Kier alpha value is -2.41. The summed E-state index contributed by atoms with van der Waals surface area (Å²) in [4.78, 5) is 36.6. The van der Waals surface area contributed by atoms with Crippen LogP contribution in [0.3, 0.4) is 0 Å². The fraction of sp³-hybridized carbons (Fsp3) is 0.500. The molecule has 7 nitrogen and oxygen atoms in total. The highest BCUT2D eigenvalue weighted by molar-refractivity contribution is 5.86. The number of likely N-dealkylation sites (tertiary alicyclic amines) is 1. The number of hydrogen-bond acceptors (Lipinski definition) is 5. The number of nitrogens with zero attached hydrogens (tertiary/aromatic N) is 3. The number of fused-ring (bicyclic) bond motifs is 1. The molecule has 2 aliphatic rings. The normalized spacial score (nSPS) is 23.6. The van der Waals surface area contributed by atoms with Crippen LogP contribution in [-0.2, 0) is 9.53 Å². The van der Waals surface area contributed by atoms with Crippen molar-refractivity contribution < 1.29 is 9.53 Å². The first-order chi connectivity index (χ1) is 12.2. The maximum atomic E-state index is 13.0. The molecule has 0 aliphatic carbocycles. The number of anilines is 1. The summed E-state index contributed by atoms with van der Waals surface area (Å²) >= 11 is 0. The van der Waals surface area contributed by atoms with Gasteiger partial charge in [0, 0.05) is 33.2 Å². The standard InChI is InChI=1S/C18H22N4O3/c1-25-12-10-15(17(24)21-8-4-5-9-21)22(11-12)18-19-14-7-3-2-6-13(14)16(23)20-18/h2-3,6-7,12,15H,4-5,8-11H2,1H3,(H,19,20,23)/t12-,15-/m0/s1. The molecule has 1 aromatic carbocycles. The first-order valence-electron chi connectivity index (χ1n) is 8.74. The van der Waals surface area contributed by atoms with Gasteiger partial charge in [-0.1, -0.05) is 12.1 Å². The number of ether oxygens (including phenoxy) is 1. The zero-order chi connectivity index (χ0) is 17.4. The number of amides is 1. The maximum Gasteiger partial charge on any atom is 0.260 e. The molecule has 0 radical (unpaired) electrons. The van der Waals surface area contributed by atoms with Crippen molar-refractivity contribution in [3.8, 4) is 0 Å². The number of benzene rings is 1. The highest BCUT2D eigenvalue weighted by Gasteiger charge is 2.40. The largest absolute Gasteiger partial charge is 0.380 e. The van der Waals surface area contributed by atoms with E-state index in [1.807, 2.05) is 28.0 Å². The molecule has 2 aromatic rings. The number of para-hydroxylation sites is 1. The summed E-state index contributed by atoms with van der Waals surface area (Å²) in [6.45, 7) is 2.16. The topological polar surface area (TPSA) is 78.5 Å². The highest BCUT2D eigenvalue weighted by Crippen LogP contribution is 2.27. The Labute approximate surface area is 145 Å². The number of nitrogens with one attached hydrogen (secondary N) is 1. The van der Waals surface area contributed by atoms with Crippen molar-refractivity contribution in [2.75, 3.05) is 31.6 Å². The van der Waals surface area contributed by atoms with Crippen molar-refractivity contribution in [1.29, 1.82) is 0 Å².